The van der Waals surface area contributed by atoms with Crippen LogP contribution in [0.4, 0.5) is 0 Å². The van der Waals surface area contributed by atoms with Crippen molar-refractivity contribution in [3.05, 3.63) is 54.4 Å². The normalized spacial score (nSPS) is 21.0. The predicted octanol–water partition coefficient (Wildman–Crippen LogP) is 2.70. The number of ether oxygens (including phenoxy) is 1. The van der Waals surface area contributed by atoms with Crippen LogP contribution in [0.1, 0.15) is 24.2 Å². The molecular formula is C18H21N3O2. The number of hydrogen-bond acceptors (Lipinski definition) is 4. The van der Waals surface area contributed by atoms with Crippen LogP contribution in [0.5, 0.6) is 11.5 Å². The Morgan fingerprint density at radius 3 is 2.52 bits per heavy atom. The van der Waals surface area contributed by atoms with Gasteiger partial charge in [0.05, 0.1) is 0 Å². The van der Waals surface area contributed by atoms with Crippen LogP contribution in [0.2, 0.25) is 0 Å². The van der Waals surface area contributed by atoms with Crippen LogP contribution < -0.4 is 10.1 Å². The van der Waals surface area contributed by atoms with Crippen molar-refractivity contribution in [2.45, 2.75) is 25.9 Å². The summed E-state index contributed by atoms with van der Waals surface area (Å²) in [6.45, 7) is 5.63. The van der Waals surface area contributed by atoms with Gasteiger partial charge in [-0.15, -0.1) is 0 Å². The molecule has 0 bridgehead atoms. The smallest absolute Gasteiger partial charge is 0.254 e. The lowest BCUT2D eigenvalue weighted by molar-refractivity contribution is 0.0673. The van der Waals surface area contributed by atoms with Gasteiger partial charge in [-0.25, -0.2) is 0 Å². The van der Waals surface area contributed by atoms with Crippen molar-refractivity contribution in [3.8, 4) is 11.5 Å². The van der Waals surface area contributed by atoms with Crippen LogP contribution in [-0.4, -0.2) is 41.0 Å². The Hall–Kier alpha value is -2.40. The molecule has 2 aromatic rings. The second kappa shape index (κ2) is 6.79. The first-order valence-electron chi connectivity index (χ1n) is 7.85. The molecule has 120 valence electrons. The zero-order valence-corrected chi connectivity index (χ0v) is 13.4. The number of carbonyl (C=O) groups excluding carboxylic acids is 1. The predicted molar refractivity (Wildman–Crippen MR) is 88.7 cm³/mol. The molecule has 5 nitrogen and oxygen atoms in total. The Kier molecular flexibility index (Phi) is 4.57. The minimum absolute atomic E-state index is 0.0466. The number of rotatable bonds is 3. The molecule has 2 heterocycles. The highest BCUT2D eigenvalue weighted by Gasteiger charge is 2.25. The Labute approximate surface area is 136 Å². The SMILES string of the molecule is C[C@@H]1CN(C(=O)c2cccc(Oc3ccncc3)c2)C[C@H](C)N1. The fourth-order valence-corrected chi connectivity index (χ4v) is 2.91. The maximum atomic E-state index is 12.7. The van der Waals surface area contributed by atoms with Crippen molar-refractivity contribution < 1.29 is 9.53 Å². The molecule has 1 saturated heterocycles. The summed E-state index contributed by atoms with van der Waals surface area (Å²) in [4.78, 5) is 18.6. The van der Waals surface area contributed by atoms with E-state index in [-0.39, 0.29) is 5.91 Å². The number of hydrogen-bond donors (Lipinski definition) is 1. The van der Waals surface area contributed by atoms with E-state index >= 15 is 0 Å². The minimum Gasteiger partial charge on any atom is -0.457 e. The molecule has 1 aliphatic heterocycles. The van der Waals surface area contributed by atoms with E-state index in [0.29, 0.717) is 29.1 Å². The van der Waals surface area contributed by atoms with Crippen molar-refractivity contribution in [1.82, 2.24) is 15.2 Å². The number of amides is 1. The number of benzene rings is 1. The first-order chi connectivity index (χ1) is 11.1. The highest BCUT2D eigenvalue weighted by molar-refractivity contribution is 5.94. The summed E-state index contributed by atoms with van der Waals surface area (Å²) < 4.78 is 5.78. The lowest BCUT2D eigenvalue weighted by Gasteiger charge is -2.36. The largest absolute Gasteiger partial charge is 0.457 e. The highest BCUT2D eigenvalue weighted by atomic mass is 16.5. The van der Waals surface area contributed by atoms with Crippen molar-refractivity contribution in [1.29, 1.82) is 0 Å². The lowest BCUT2D eigenvalue weighted by Crippen LogP contribution is -2.55. The molecule has 23 heavy (non-hydrogen) atoms. The van der Waals surface area contributed by atoms with Crippen molar-refractivity contribution in [2.75, 3.05) is 13.1 Å². The van der Waals surface area contributed by atoms with E-state index in [2.05, 4.69) is 24.1 Å². The molecule has 1 aromatic carbocycles. The summed E-state index contributed by atoms with van der Waals surface area (Å²) in [7, 11) is 0. The van der Waals surface area contributed by atoms with Gasteiger partial charge in [-0.1, -0.05) is 6.07 Å². The number of piperazine rings is 1. The molecule has 1 N–H and O–H groups in total. The molecule has 2 atom stereocenters. The van der Waals surface area contributed by atoms with E-state index in [0.717, 1.165) is 13.1 Å². The molecule has 1 fully saturated rings. The van der Waals surface area contributed by atoms with Gasteiger partial charge in [0.1, 0.15) is 11.5 Å². The van der Waals surface area contributed by atoms with E-state index in [4.69, 9.17) is 4.74 Å². The molecule has 1 aromatic heterocycles. The van der Waals surface area contributed by atoms with E-state index < -0.39 is 0 Å². The number of aromatic nitrogens is 1. The van der Waals surface area contributed by atoms with Crippen LogP contribution in [0, 0.1) is 0 Å². The maximum Gasteiger partial charge on any atom is 0.254 e. The Bertz CT molecular complexity index is 665. The van der Waals surface area contributed by atoms with Crippen molar-refractivity contribution in [2.24, 2.45) is 0 Å². The van der Waals surface area contributed by atoms with E-state index in [1.165, 1.54) is 0 Å². The van der Waals surface area contributed by atoms with Crippen LogP contribution in [0.25, 0.3) is 0 Å². The van der Waals surface area contributed by atoms with Gasteiger partial charge in [-0.3, -0.25) is 9.78 Å². The van der Waals surface area contributed by atoms with Gasteiger partial charge in [-0.05, 0) is 44.2 Å². The van der Waals surface area contributed by atoms with Gasteiger partial charge in [0.15, 0.2) is 0 Å². The summed E-state index contributed by atoms with van der Waals surface area (Å²) in [6, 6.07) is 11.5. The molecular weight excluding hydrogens is 290 g/mol. The first-order valence-corrected chi connectivity index (χ1v) is 7.85. The van der Waals surface area contributed by atoms with Gasteiger partial charge < -0.3 is 15.0 Å². The average Bonchev–Trinajstić information content (AvgIpc) is 2.54. The fourth-order valence-electron chi connectivity index (χ4n) is 2.91. The maximum absolute atomic E-state index is 12.7. The fraction of sp³-hybridized carbons (Fsp3) is 0.333. The molecule has 1 aliphatic rings. The van der Waals surface area contributed by atoms with E-state index in [1.807, 2.05) is 23.1 Å². The molecule has 0 aliphatic carbocycles. The third-order valence-corrected chi connectivity index (χ3v) is 3.81. The number of nitrogens with zero attached hydrogens (tertiary/aromatic N) is 2. The molecule has 3 rings (SSSR count). The summed E-state index contributed by atoms with van der Waals surface area (Å²) in [5.41, 5.74) is 0.651. The van der Waals surface area contributed by atoms with Gasteiger partial charge in [0.2, 0.25) is 0 Å². The van der Waals surface area contributed by atoms with Crippen LogP contribution in [-0.2, 0) is 0 Å². The van der Waals surface area contributed by atoms with Crippen molar-refractivity contribution >= 4 is 5.91 Å². The number of nitrogens with one attached hydrogen (secondary N) is 1. The monoisotopic (exact) mass is 311 g/mol. The standard InChI is InChI=1S/C18H21N3O2/c1-13-11-21(12-14(2)20-13)18(22)15-4-3-5-17(10-15)23-16-6-8-19-9-7-16/h3-10,13-14,20H,11-12H2,1-2H3/t13-,14+. The van der Waals surface area contributed by atoms with Crippen LogP contribution in [0.3, 0.4) is 0 Å². The van der Waals surface area contributed by atoms with Gasteiger partial charge in [-0.2, -0.15) is 0 Å². The third-order valence-electron chi connectivity index (χ3n) is 3.81. The molecule has 0 spiro atoms. The molecule has 1 amide bonds. The Balaban J connectivity index is 1.75. The highest BCUT2D eigenvalue weighted by Crippen LogP contribution is 2.22. The van der Waals surface area contributed by atoms with Gasteiger partial charge in [0, 0.05) is 43.1 Å². The summed E-state index contributed by atoms with van der Waals surface area (Å²) >= 11 is 0. The molecule has 0 unspecified atom stereocenters. The number of carbonyl (C=O) groups is 1. The van der Waals surface area contributed by atoms with Gasteiger partial charge in [0.25, 0.3) is 5.91 Å². The van der Waals surface area contributed by atoms with Gasteiger partial charge >= 0.3 is 0 Å². The van der Waals surface area contributed by atoms with Crippen molar-refractivity contribution in [3.63, 3.8) is 0 Å². The quantitative estimate of drug-likeness (QED) is 0.947. The molecule has 5 heteroatoms. The second-order valence-corrected chi connectivity index (χ2v) is 5.99. The zero-order chi connectivity index (χ0) is 16.2. The minimum atomic E-state index is 0.0466. The topological polar surface area (TPSA) is 54.5 Å². The summed E-state index contributed by atoms with van der Waals surface area (Å²) in [5, 5.41) is 3.44. The van der Waals surface area contributed by atoms with Crippen LogP contribution in [0.15, 0.2) is 48.8 Å². The summed E-state index contributed by atoms with van der Waals surface area (Å²) in [5.74, 6) is 1.40. The first kappa shape index (κ1) is 15.5. The third kappa shape index (κ3) is 3.87. The zero-order valence-electron chi connectivity index (χ0n) is 13.4. The second-order valence-electron chi connectivity index (χ2n) is 5.99. The lowest BCUT2D eigenvalue weighted by atomic mass is 10.1. The van der Waals surface area contributed by atoms with E-state index in [9.17, 15) is 4.79 Å². The summed E-state index contributed by atoms with van der Waals surface area (Å²) in [6.07, 6.45) is 3.35. The average molecular weight is 311 g/mol. The molecule has 0 radical (unpaired) electrons. The molecule has 0 saturated carbocycles. The van der Waals surface area contributed by atoms with Crippen LogP contribution >= 0.6 is 0 Å². The number of pyridine rings is 1. The van der Waals surface area contributed by atoms with E-state index in [1.54, 1.807) is 30.6 Å². The Morgan fingerprint density at radius 1 is 1.13 bits per heavy atom. The Morgan fingerprint density at radius 2 is 1.83 bits per heavy atom.